The van der Waals surface area contributed by atoms with Gasteiger partial charge in [0.25, 0.3) is 5.91 Å². The number of ether oxygens (including phenoxy) is 3. The van der Waals surface area contributed by atoms with E-state index in [1.165, 1.54) is 0 Å². The minimum atomic E-state index is -1.02. The summed E-state index contributed by atoms with van der Waals surface area (Å²) in [5, 5.41) is 21.1. The molecule has 2 fully saturated rings. The average Bonchev–Trinajstić information content (AvgIpc) is 3.32. The lowest BCUT2D eigenvalue weighted by Crippen LogP contribution is -2.42. The van der Waals surface area contributed by atoms with Crippen molar-refractivity contribution in [2.45, 2.75) is 50.6 Å². The molecule has 3 N–H and O–H groups in total. The van der Waals surface area contributed by atoms with Gasteiger partial charge in [0.05, 0.1) is 37.5 Å². The van der Waals surface area contributed by atoms with Crippen LogP contribution >= 0.6 is 11.8 Å². The van der Waals surface area contributed by atoms with Crippen molar-refractivity contribution >= 4 is 35.4 Å². The zero-order valence-electron chi connectivity index (χ0n) is 23.5. The average molecular weight is 607 g/mol. The van der Waals surface area contributed by atoms with Gasteiger partial charge in [0.1, 0.15) is 12.6 Å². The second-order valence-corrected chi connectivity index (χ2v) is 11.4. The molecule has 2 heterocycles. The third-order valence-electron chi connectivity index (χ3n) is 7.23. The third kappa shape index (κ3) is 7.81. The second-order valence-electron chi connectivity index (χ2n) is 10.3. The fourth-order valence-electron chi connectivity index (χ4n) is 5.01. The normalized spacial score (nSPS) is 22.0. The summed E-state index contributed by atoms with van der Waals surface area (Å²) in [5.74, 6) is 0.326. The van der Waals surface area contributed by atoms with Gasteiger partial charge in [-0.2, -0.15) is 11.8 Å². The zero-order chi connectivity index (χ0) is 30.2. The number of alkyl carbamates (subject to hydrolysis) is 1. The number of rotatable bonds is 11. The number of aliphatic hydroxyl groups is 2. The van der Waals surface area contributed by atoms with Crippen LogP contribution in [-0.4, -0.2) is 58.4 Å². The molecule has 3 aromatic carbocycles. The molecule has 2 aliphatic heterocycles. The number of nitrogens with zero attached hydrogens (tertiary/aromatic N) is 1. The number of carbonyl (C=O) groups is 3. The van der Waals surface area contributed by atoms with Crippen LogP contribution < -0.4 is 10.2 Å². The van der Waals surface area contributed by atoms with Crippen molar-refractivity contribution in [2.75, 3.05) is 23.0 Å². The molecule has 1 unspecified atom stereocenters. The van der Waals surface area contributed by atoms with E-state index in [2.05, 4.69) is 5.32 Å². The van der Waals surface area contributed by atoms with Crippen molar-refractivity contribution in [1.82, 2.24) is 5.32 Å². The fourth-order valence-corrected chi connectivity index (χ4v) is 5.78. The van der Waals surface area contributed by atoms with Crippen LogP contribution in [0.1, 0.15) is 47.5 Å². The van der Waals surface area contributed by atoms with Gasteiger partial charge in [0, 0.05) is 23.5 Å². The van der Waals surface area contributed by atoms with Crippen molar-refractivity contribution in [3.05, 3.63) is 101 Å². The number of imide groups is 1. The molecular formula is C32H34N2O8S. The summed E-state index contributed by atoms with van der Waals surface area (Å²) >= 11 is 1.60. The van der Waals surface area contributed by atoms with Crippen molar-refractivity contribution in [2.24, 2.45) is 0 Å². The van der Waals surface area contributed by atoms with Gasteiger partial charge in [-0.15, -0.1) is 0 Å². The van der Waals surface area contributed by atoms with Crippen LogP contribution in [0.3, 0.4) is 0 Å². The van der Waals surface area contributed by atoms with E-state index in [1.54, 1.807) is 36.0 Å². The maximum atomic E-state index is 13.1. The maximum absolute atomic E-state index is 13.1. The molecule has 2 aliphatic rings. The van der Waals surface area contributed by atoms with E-state index in [-0.39, 0.29) is 38.4 Å². The molecule has 43 heavy (non-hydrogen) atoms. The summed E-state index contributed by atoms with van der Waals surface area (Å²) in [4.78, 5) is 39.2. The van der Waals surface area contributed by atoms with E-state index < -0.39 is 30.2 Å². The Labute approximate surface area is 253 Å². The van der Waals surface area contributed by atoms with E-state index in [0.717, 1.165) is 27.2 Å². The highest BCUT2D eigenvalue weighted by Gasteiger charge is 2.41. The van der Waals surface area contributed by atoms with Gasteiger partial charge in [0.15, 0.2) is 6.29 Å². The number of hydrogen-bond donors (Lipinski definition) is 3. The van der Waals surface area contributed by atoms with Crippen LogP contribution in [0.4, 0.5) is 10.5 Å². The highest BCUT2D eigenvalue weighted by molar-refractivity contribution is 7.99. The monoisotopic (exact) mass is 606 g/mol. The Balaban J connectivity index is 1.24. The Bertz CT molecular complexity index is 1390. The van der Waals surface area contributed by atoms with E-state index in [4.69, 9.17) is 14.2 Å². The Hall–Kier alpha value is -3.74. The lowest BCUT2D eigenvalue weighted by molar-refractivity contribution is -0.245. The second kappa shape index (κ2) is 14.6. The van der Waals surface area contributed by atoms with Gasteiger partial charge in [0.2, 0.25) is 5.91 Å². The molecule has 0 radical (unpaired) electrons. The first kappa shape index (κ1) is 30.7. The van der Waals surface area contributed by atoms with E-state index in [9.17, 15) is 24.6 Å². The quantitative estimate of drug-likeness (QED) is 0.219. The number of benzene rings is 3. The summed E-state index contributed by atoms with van der Waals surface area (Å²) < 4.78 is 17.8. The highest BCUT2D eigenvalue weighted by Crippen LogP contribution is 2.39. The minimum Gasteiger partial charge on any atom is -0.445 e. The smallest absolute Gasteiger partial charge is 0.408 e. The van der Waals surface area contributed by atoms with Crippen molar-refractivity contribution < 1.29 is 38.8 Å². The fraction of sp³-hybridized carbons (Fsp3) is 0.344. The van der Waals surface area contributed by atoms with Crippen LogP contribution in [0, 0.1) is 0 Å². The molecule has 0 aliphatic carbocycles. The number of amides is 3. The molecule has 11 heteroatoms. The van der Waals surface area contributed by atoms with Gasteiger partial charge in [-0.25, -0.2) is 9.69 Å². The molecule has 2 saturated heterocycles. The molecule has 0 spiro atoms. The lowest BCUT2D eigenvalue weighted by atomic mass is 10.0. The summed E-state index contributed by atoms with van der Waals surface area (Å²) in [5.41, 5.74) is 3.68. The predicted molar refractivity (Wildman–Crippen MR) is 160 cm³/mol. The number of hydrogen-bond acceptors (Lipinski definition) is 9. The number of aliphatic hydroxyl groups excluding tert-OH is 2. The lowest BCUT2D eigenvalue weighted by Gasteiger charge is -2.36. The summed E-state index contributed by atoms with van der Waals surface area (Å²) in [7, 11) is 0. The van der Waals surface area contributed by atoms with Gasteiger partial charge in [-0.1, -0.05) is 66.7 Å². The Kier molecular flexibility index (Phi) is 10.4. The molecule has 3 aromatic rings. The number of nitrogens with one attached hydrogen (secondary N) is 1. The summed E-state index contributed by atoms with van der Waals surface area (Å²) in [6.07, 6.45) is -1.38. The third-order valence-corrected chi connectivity index (χ3v) is 8.31. The van der Waals surface area contributed by atoms with Crippen molar-refractivity contribution in [3.8, 4) is 0 Å². The minimum absolute atomic E-state index is 0.0402. The van der Waals surface area contributed by atoms with Gasteiger partial charge in [-0.3, -0.25) is 9.59 Å². The maximum Gasteiger partial charge on any atom is 0.408 e. The molecule has 10 nitrogen and oxygen atoms in total. The summed E-state index contributed by atoms with van der Waals surface area (Å²) in [6, 6.07) is 22.6. The van der Waals surface area contributed by atoms with Crippen molar-refractivity contribution in [3.63, 3.8) is 0 Å². The SMILES string of the molecule is O=C(NC1CC(=O)N(c2ccc([C@H]3O[C@@H](CSCCO)C[C@@H](c4ccc(CO)cc4)O3)cc2)C1=O)OCc1ccccc1. The van der Waals surface area contributed by atoms with E-state index in [1.807, 2.05) is 54.6 Å². The predicted octanol–water partition coefficient (Wildman–Crippen LogP) is 4.01. The Morgan fingerprint density at radius 1 is 0.930 bits per heavy atom. The molecule has 0 aromatic heterocycles. The molecular weight excluding hydrogens is 572 g/mol. The van der Waals surface area contributed by atoms with Crippen LogP contribution in [0.25, 0.3) is 0 Å². The van der Waals surface area contributed by atoms with Gasteiger partial charge < -0.3 is 29.7 Å². The number of thioether (sulfide) groups is 1. The van der Waals surface area contributed by atoms with E-state index in [0.29, 0.717) is 23.6 Å². The Morgan fingerprint density at radius 3 is 2.35 bits per heavy atom. The van der Waals surface area contributed by atoms with Gasteiger partial charge in [-0.05, 0) is 28.8 Å². The number of anilines is 1. The summed E-state index contributed by atoms with van der Waals surface area (Å²) in [6.45, 7) is 0.0966. The van der Waals surface area contributed by atoms with Crippen LogP contribution in [0.5, 0.6) is 0 Å². The van der Waals surface area contributed by atoms with Gasteiger partial charge >= 0.3 is 6.09 Å². The van der Waals surface area contributed by atoms with E-state index >= 15 is 0 Å². The Morgan fingerprint density at radius 2 is 1.65 bits per heavy atom. The molecule has 4 atom stereocenters. The molecule has 226 valence electrons. The van der Waals surface area contributed by atoms with Crippen LogP contribution in [0.15, 0.2) is 78.9 Å². The zero-order valence-corrected chi connectivity index (χ0v) is 24.3. The van der Waals surface area contributed by atoms with Crippen molar-refractivity contribution in [1.29, 1.82) is 0 Å². The first-order valence-corrected chi connectivity index (χ1v) is 15.2. The molecule has 3 amide bonds. The first-order valence-electron chi connectivity index (χ1n) is 14.1. The topological polar surface area (TPSA) is 135 Å². The molecule has 0 bridgehead atoms. The molecule has 0 saturated carbocycles. The highest BCUT2D eigenvalue weighted by atomic mass is 32.2. The first-order chi connectivity index (χ1) is 20.9. The van der Waals surface area contributed by atoms with Crippen LogP contribution in [0.2, 0.25) is 0 Å². The largest absolute Gasteiger partial charge is 0.445 e. The number of carbonyl (C=O) groups excluding carboxylic acids is 3. The standard InChI is InChI=1S/C32H34N2O8S/c35-14-15-43-20-26-16-28(23-8-6-21(18-36)7-9-23)42-31(41-26)24-10-12-25(13-11-24)34-29(37)17-27(30(34)38)33-32(39)40-19-22-4-2-1-3-5-22/h1-13,26-28,31,35-36H,14-20H2,(H,33,39)/t26-,27?,28+,31+/m1/s1. The van der Waals surface area contributed by atoms with Crippen LogP contribution in [-0.2, 0) is 37.0 Å². The molecule has 5 rings (SSSR count).